The number of amides is 1. The minimum Gasteiger partial charge on any atom is -0.372 e. The van der Waals surface area contributed by atoms with Gasteiger partial charge in [-0.05, 0) is 62.1 Å². The summed E-state index contributed by atoms with van der Waals surface area (Å²) in [6.45, 7) is 2.23. The van der Waals surface area contributed by atoms with E-state index in [-0.39, 0.29) is 5.91 Å². The lowest BCUT2D eigenvalue weighted by molar-refractivity contribution is 0.102. The third-order valence-corrected chi connectivity index (χ3v) is 5.70. The van der Waals surface area contributed by atoms with E-state index in [0.29, 0.717) is 11.7 Å². The van der Waals surface area contributed by atoms with Crippen LogP contribution in [-0.4, -0.2) is 35.2 Å². The first kappa shape index (κ1) is 18.7. The second-order valence-electron chi connectivity index (χ2n) is 7.83. The van der Waals surface area contributed by atoms with Crippen molar-refractivity contribution in [1.29, 1.82) is 0 Å². The molecule has 1 saturated carbocycles. The van der Waals surface area contributed by atoms with E-state index in [1.807, 2.05) is 18.2 Å². The van der Waals surface area contributed by atoms with Crippen LogP contribution in [-0.2, 0) is 0 Å². The number of anilines is 3. The Bertz CT molecular complexity index is 761. The molecule has 1 aromatic heterocycles. The van der Waals surface area contributed by atoms with Gasteiger partial charge in [-0.2, -0.15) is 0 Å². The Balaban J connectivity index is 1.32. The zero-order valence-corrected chi connectivity index (χ0v) is 16.4. The van der Waals surface area contributed by atoms with Gasteiger partial charge in [-0.15, -0.1) is 10.2 Å². The van der Waals surface area contributed by atoms with Crippen LogP contribution in [0.15, 0.2) is 36.4 Å². The second-order valence-corrected chi connectivity index (χ2v) is 7.83. The zero-order valence-electron chi connectivity index (χ0n) is 16.4. The summed E-state index contributed by atoms with van der Waals surface area (Å²) in [5, 5.41) is 14.7. The van der Waals surface area contributed by atoms with Crippen LogP contribution in [0, 0.1) is 0 Å². The summed E-state index contributed by atoms with van der Waals surface area (Å²) in [5.74, 6) is 0.515. The SMILES string of the molecule is O=C(Nc1ccc(N2CCCC2)cc1)c1ccc(NC2CCCCCC2)nn1. The van der Waals surface area contributed by atoms with E-state index >= 15 is 0 Å². The topological polar surface area (TPSA) is 70.2 Å². The van der Waals surface area contributed by atoms with Gasteiger partial charge in [0.05, 0.1) is 0 Å². The van der Waals surface area contributed by atoms with Crippen LogP contribution in [0.25, 0.3) is 0 Å². The number of nitrogens with one attached hydrogen (secondary N) is 2. The maximum atomic E-state index is 12.5. The predicted molar refractivity (Wildman–Crippen MR) is 113 cm³/mol. The minimum atomic E-state index is -0.234. The number of aromatic nitrogens is 2. The molecule has 2 aliphatic rings. The maximum absolute atomic E-state index is 12.5. The molecule has 0 unspecified atom stereocenters. The number of carbonyl (C=O) groups is 1. The van der Waals surface area contributed by atoms with Crippen molar-refractivity contribution in [2.45, 2.75) is 57.4 Å². The second kappa shape index (κ2) is 9.04. The van der Waals surface area contributed by atoms with Gasteiger partial charge >= 0.3 is 0 Å². The molecule has 2 N–H and O–H groups in total. The van der Waals surface area contributed by atoms with E-state index in [0.717, 1.165) is 24.6 Å². The first-order chi connectivity index (χ1) is 13.8. The lowest BCUT2D eigenvalue weighted by atomic mass is 10.1. The van der Waals surface area contributed by atoms with Crippen LogP contribution in [0.1, 0.15) is 61.9 Å². The van der Waals surface area contributed by atoms with Gasteiger partial charge in [0.15, 0.2) is 5.69 Å². The van der Waals surface area contributed by atoms with Gasteiger partial charge in [-0.3, -0.25) is 4.79 Å². The first-order valence-corrected chi connectivity index (χ1v) is 10.5. The molecule has 1 amide bonds. The fourth-order valence-corrected chi connectivity index (χ4v) is 4.09. The van der Waals surface area contributed by atoms with Crippen molar-refractivity contribution in [3.63, 3.8) is 0 Å². The monoisotopic (exact) mass is 379 g/mol. The summed E-state index contributed by atoms with van der Waals surface area (Å²) in [6.07, 6.45) is 10.0. The number of nitrogens with zero attached hydrogens (tertiary/aromatic N) is 3. The molecule has 0 bridgehead atoms. The fraction of sp³-hybridized carbons (Fsp3) is 0.500. The van der Waals surface area contributed by atoms with E-state index in [1.165, 1.54) is 57.1 Å². The Morgan fingerprint density at radius 3 is 2.21 bits per heavy atom. The Morgan fingerprint density at radius 2 is 1.57 bits per heavy atom. The molecule has 28 heavy (non-hydrogen) atoms. The van der Waals surface area contributed by atoms with Gasteiger partial charge < -0.3 is 15.5 Å². The summed E-state index contributed by atoms with van der Waals surface area (Å²) in [6, 6.07) is 12.1. The lowest BCUT2D eigenvalue weighted by Gasteiger charge is -2.17. The molecule has 1 aliphatic carbocycles. The maximum Gasteiger partial charge on any atom is 0.276 e. The van der Waals surface area contributed by atoms with E-state index in [4.69, 9.17) is 0 Å². The number of hydrogen-bond donors (Lipinski definition) is 2. The molecule has 0 atom stereocenters. The van der Waals surface area contributed by atoms with Crippen LogP contribution >= 0.6 is 0 Å². The third-order valence-electron chi connectivity index (χ3n) is 5.70. The average molecular weight is 380 g/mol. The number of carbonyl (C=O) groups excluding carboxylic acids is 1. The Kier molecular flexibility index (Phi) is 6.04. The molecule has 1 aromatic carbocycles. The normalized spacial score (nSPS) is 17.9. The zero-order chi connectivity index (χ0) is 19.2. The van der Waals surface area contributed by atoms with Crippen molar-refractivity contribution in [3.05, 3.63) is 42.1 Å². The summed E-state index contributed by atoms with van der Waals surface area (Å²) in [7, 11) is 0. The van der Waals surface area contributed by atoms with Gasteiger partial charge in [0.2, 0.25) is 0 Å². The molecule has 2 heterocycles. The Morgan fingerprint density at radius 1 is 0.857 bits per heavy atom. The van der Waals surface area contributed by atoms with Crippen molar-refractivity contribution in [1.82, 2.24) is 10.2 Å². The smallest absolute Gasteiger partial charge is 0.276 e. The van der Waals surface area contributed by atoms with Crippen molar-refractivity contribution < 1.29 is 4.79 Å². The van der Waals surface area contributed by atoms with E-state index in [2.05, 4.69) is 37.9 Å². The summed E-state index contributed by atoms with van der Waals surface area (Å²) in [4.78, 5) is 14.8. The molecule has 2 aromatic rings. The molecule has 0 radical (unpaired) electrons. The molecule has 6 nitrogen and oxygen atoms in total. The van der Waals surface area contributed by atoms with Gasteiger partial charge in [0.25, 0.3) is 5.91 Å². The highest BCUT2D eigenvalue weighted by Gasteiger charge is 2.15. The van der Waals surface area contributed by atoms with Gasteiger partial charge in [0.1, 0.15) is 5.82 Å². The van der Waals surface area contributed by atoms with Gasteiger partial charge in [-0.1, -0.05) is 25.7 Å². The Hall–Kier alpha value is -2.63. The van der Waals surface area contributed by atoms with Crippen LogP contribution in [0.5, 0.6) is 0 Å². The number of benzene rings is 1. The van der Waals surface area contributed by atoms with Crippen LogP contribution in [0.2, 0.25) is 0 Å². The predicted octanol–water partition coefficient (Wildman–Crippen LogP) is 4.46. The molecular formula is C22H29N5O. The van der Waals surface area contributed by atoms with Gasteiger partial charge in [0, 0.05) is 30.5 Å². The third kappa shape index (κ3) is 4.80. The van der Waals surface area contributed by atoms with Gasteiger partial charge in [-0.25, -0.2) is 0 Å². The van der Waals surface area contributed by atoms with Crippen LogP contribution in [0.4, 0.5) is 17.2 Å². The molecule has 1 saturated heterocycles. The van der Waals surface area contributed by atoms with Crippen molar-refractivity contribution in [2.24, 2.45) is 0 Å². The van der Waals surface area contributed by atoms with Crippen molar-refractivity contribution >= 4 is 23.1 Å². The molecule has 2 fully saturated rings. The van der Waals surface area contributed by atoms with Crippen molar-refractivity contribution in [2.75, 3.05) is 28.6 Å². The largest absolute Gasteiger partial charge is 0.372 e. The number of hydrogen-bond acceptors (Lipinski definition) is 5. The van der Waals surface area contributed by atoms with Crippen molar-refractivity contribution in [3.8, 4) is 0 Å². The highest BCUT2D eigenvalue weighted by molar-refractivity contribution is 6.02. The highest BCUT2D eigenvalue weighted by atomic mass is 16.1. The minimum absolute atomic E-state index is 0.234. The quantitative estimate of drug-likeness (QED) is 0.751. The fourth-order valence-electron chi connectivity index (χ4n) is 4.09. The summed E-state index contributed by atoms with van der Waals surface area (Å²) < 4.78 is 0. The molecule has 148 valence electrons. The molecular weight excluding hydrogens is 350 g/mol. The van der Waals surface area contributed by atoms with Crippen LogP contribution in [0.3, 0.4) is 0 Å². The van der Waals surface area contributed by atoms with E-state index in [1.54, 1.807) is 6.07 Å². The molecule has 0 spiro atoms. The lowest BCUT2D eigenvalue weighted by Crippen LogP contribution is -2.20. The average Bonchev–Trinajstić information content (AvgIpc) is 3.14. The first-order valence-electron chi connectivity index (χ1n) is 10.5. The summed E-state index contributed by atoms with van der Waals surface area (Å²) in [5.41, 5.74) is 2.31. The number of rotatable bonds is 5. The van der Waals surface area contributed by atoms with E-state index < -0.39 is 0 Å². The summed E-state index contributed by atoms with van der Waals surface area (Å²) >= 11 is 0. The van der Waals surface area contributed by atoms with Crippen LogP contribution < -0.4 is 15.5 Å². The highest BCUT2D eigenvalue weighted by Crippen LogP contribution is 2.23. The Labute approximate surface area is 166 Å². The van der Waals surface area contributed by atoms with E-state index in [9.17, 15) is 4.79 Å². The standard InChI is InChI=1S/C22H29N5O/c28-22(24-18-9-11-19(12-10-18)27-15-5-6-16-27)20-13-14-21(26-25-20)23-17-7-3-1-2-4-8-17/h9-14,17H,1-8,15-16H2,(H,23,26)(H,24,28). The molecule has 6 heteroatoms. The molecule has 4 rings (SSSR count). The molecule has 1 aliphatic heterocycles.